The summed E-state index contributed by atoms with van der Waals surface area (Å²) in [6.45, 7) is 9.85. The summed E-state index contributed by atoms with van der Waals surface area (Å²) in [6.07, 6.45) is 7.66. The summed E-state index contributed by atoms with van der Waals surface area (Å²) >= 11 is 0. The predicted molar refractivity (Wildman–Crippen MR) is 88.0 cm³/mol. The lowest BCUT2D eigenvalue weighted by Gasteiger charge is -2.12. The third-order valence-electron chi connectivity index (χ3n) is 2.73. The fourth-order valence-corrected chi connectivity index (χ4v) is 2.48. The third-order valence-corrected chi connectivity index (χ3v) is 3.97. The monoisotopic (exact) mass is 274 g/mol. The van der Waals surface area contributed by atoms with Gasteiger partial charge >= 0.3 is 0 Å². The van der Waals surface area contributed by atoms with Crippen LogP contribution in [-0.4, -0.2) is 20.8 Å². The Morgan fingerprint density at radius 1 is 1.16 bits per heavy atom. The van der Waals surface area contributed by atoms with E-state index >= 15 is 0 Å². The number of benzene rings is 1. The van der Waals surface area contributed by atoms with Crippen LogP contribution in [0.5, 0.6) is 0 Å². The molecule has 0 amide bonds. The minimum Gasteiger partial charge on any atom is -0.370 e. The predicted octanol–water partition coefficient (Wildman–Crippen LogP) is 4.93. The van der Waals surface area contributed by atoms with Crippen LogP contribution in [0.15, 0.2) is 48.2 Å². The van der Waals surface area contributed by atoms with E-state index in [1.807, 2.05) is 6.07 Å². The first-order valence-corrected chi connectivity index (χ1v) is 10.6. The summed E-state index contributed by atoms with van der Waals surface area (Å²) in [5, 5.41) is 0. The van der Waals surface area contributed by atoms with Gasteiger partial charge in [-0.2, -0.15) is 0 Å². The molecule has 0 heterocycles. The Labute approximate surface area is 119 Å². The Morgan fingerprint density at radius 2 is 1.84 bits per heavy atom. The van der Waals surface area contributed by atoms with Crippen molar-refractivity contribution in [1.82, 2.24) is 0 Å². The zero-order valence-electron chi connectivity index (χ0n) is 12.6. The molecule has 0 N–H and O–H groups in total. The fraction of sp³-hybridized carbons (Fsp3) is 0.412. The maximum atomic E-state index is 5.86. The van der Waals surface area contributed by atoms with Gasteiger partial charge in [0.1, 0.15) is 0 Å². The molecule has 1 atom stereocenters. The minimum absolute atomic E-state index is 0.200. The van der Waals surface area contributed by atoms with Crippen LogP contribution < -0.4 is 0 Å². The fourth-order valence-electron chi connectivity index (χ4n) is 1.67. The lowest BCUT2D eigenvalue weighted by atomic mass is 10.1. The number of hydrogen-bond acceptors (Lipinski definition) is 1. The molecule has 1 aromatic carbocycles. The molecule has 0 aliphatic carbocycles. The molecular formula is C17H26OSi. The van der Waals surface area contributed by atoms with E-state index in [9.17, 15) is 0 Å². The lowest BCUT2D eigenvalue weighted by molar-refractivity contribution is 0.107. The molecule has 2 heteroatoms. The van der Waals surface area contributed by atoms with Crippen molar-refractivity contribution in [3.8, 4) is 0 Å². The minimum atomic E-state index is -1.09. The van der Waals surface area contributed by atoms with Crippen LogP contribution in [-0.2, 0) is 4.74 Å². The summed E-state index contributed by atoms with van der Waals surface area (Å²) in [7, 11) is -1.09. The molecule has 0 spiro atoms. The van der Waals surface area contributed by atoms with E-state index in [0.717, 1.165) is 6.42 Å². The van der Waals surface area contributed by atoms with Crippen LogP contribution in [0.4, 0.5) is 0 Å². The average molecular weight is 274 g/mol. The van der Waals surface area contributed by atoms with Crippen molar-refractivity contribution >= 4 is 14.1 Å². The highest BCUT2D eigenvalue weighted by atomic mass is 28.3. The summed E-state index contributed by atoms with van der Waals surface area (Å²) in [4.78, 5) is 0. The van der Waals surface area contributed by atoms with Crippen molar-refractivity contribution < 1.29 is 4.74 Å². The maximum absolute atomic E-state index is 5.86. The standard InChI is InChI=1S/C17H26OSi/c1-5-17(18-14-9-15-19(2,3)4)13-12-16-10-7-6-8-11-16/h6-13,15,17H,5,14H2,1-4H3/b13-12+,15-9+/t17-/m0/s1. The highest BCUT2D eigenvalue weighted by molar-refractivity contribution is 6.80. The molecule has 0 aliphatic rings. The van der Waals surface area contributed by atoms with Crippen molar-refractivity contribution in [2.75, 3.05) is 6.61 Å². The van der Waals surface area contributed by atoms with Gasteiger partial charge in [0.25, 0.3) is 0 Å². The molecule has 1 rings (SSSR count). The van der Waals surface area contributed by atoms with Crippen LogP contribution in [0.1, 0.15) is 18.9 Å². The molecule has 0 fully saturated rings. The second-order valence-corrected chi connectivity index (χ2v) is 10.9. The molecule has 19 heavy (non-hydrogen) atoms. The topological polar surface area (TPSA) is 9.23 Å². The van der Waals surface area contributed by atoms with Crippen molar-refractivity contribution in [2.45, 2.75) is 39.1 Å². The van der Waals surface area contributed by atoms with Crippen LogP contribution >= 0.6 is 0 Å². The number of hydrogen-bond donors (Lipinski definition) is 0. The van der Waals surface area contributed by atoms with E-state index in [1.54, 1.807) is 0 Å². The van der Waals surface area contributed by atoms with Crippen LogP contribution in [0.25, 0.3) is 6.08 Å². The molecule has 0 aliphatic heterocycles. The third kappa shape index (κ3) is 7.80. The molecule has 0 bridgehead atoms. The zero-order valence-corrected chi connectivity index (χ0v) is 13.6. The SMILES string of the molecule is CC[C@@H](/C=C/c1ccccc1)OC/C=C/[Si](C)(C)C. The first kappa shape index (κ1) is 15.9. The second kappa shape index (κ2) is 8.13. The Bertz CT molecular complexity index is 401. The summed E-state index contributed by atoms with van der Waals surface area (Å²) in [6, 6.07) is 10.4. The van der Waals surface area contributed by atoms with Crippen LogP contribution in [0.3, 0.4) is 0 Å². The van der Waals surface area contributed by atoms with Crippen molar-refractivity contribution in [2.24, 2.45) is 0 Å². The summed E-state index contributed by atoms with van der Waals surface area (Å²) < 4.78 is 5.86. The molecule has 0 saturated carbocycles. The molecule has 0 aromatic heterocycles. The first-order chi connectivity index (χ1) is 9.01. The smallest absolute Gasteiger partial charge is 0.0760 e. The Morgan fingerprint density at radius 3 is 2.42 bits per heavy atom. The highest BCUT2D eigenvalue weighted by Gasteiger charge is 2.06. The molecule has 0 saturated heterocycles. The van der Waals surface area contributed by atoms with E-state index in [0.29, 0.717) is 6.61 Å². The van der Waals surface area contributed by atoms with Gasteiger partial charge in [0.2, 0.25) is 0 Å². The normalized spacial score (nSPS) is 14.3. The van der Waals surface area contributed by atoms with Gasteiger partial charge in [0.15, 0.2) is 0 Å². The van der Waals surface area contributed by atoms with Gasteiger partial charge in [-0.3, -0.25) is 0 Å². The van der Waals surface area contributed by atoms with Crippen molar-refractivity contribution in [1.29, 1.82) is 0 Å². The molecular weight excluding hydrogens is 248 g/mol. The van der Waals surface area contributed by atoms with Gasteiger partial charge in [0.05, 0.1) is 20.8 Å². The van der Waals surface area contributed by atoms with Crippen molar-refractivity contribution in [3.05, 3.63) is 53.7 Å². The van der Waals surface area contributed by atoms with Crippen molar-refractivity contribution in [3.63, 3.8) is 0 Å². The molecule has 104 valence electrons. The quantitative estimate of drug-likeness (QED) is 0.641. The van der Waals surface area contributed by atoms with Gasteiger partial charge < -0.3 is 4.74 Å². The van der Waals surface area contributed by atoms with E-state index < -0.39 is 8.07 Å². The van der Waals surface area contributed by atoms with E-state index in [1.165, 1.54) is 5.56 Å². The van der Waals surface area contributed by atoms with Crippen LogP contribution in [0.2, 0.25) is 19.6 Å². The molecule has 0 unspecified atom stereocenters. The van der Waals surface area contributed by atoms with Crippen LogP contribution in [0, 0.1) is 0 Å². The second-order valence-electron chi connectivity index (χ2n) is 5.82. The molecule has 1 aromatic rings. The largest absolute Gasteiger partial charge is 0.370 e. The average Bonchev–Trinajstić information content (AvgIpc) is 2.38. The molecule has 1 nitrogen and oxygen atoms in total. The highest BCUT2D eigenvalue weighted by Crippen LogP contribution is 2.07. The lowest BCUT2D eigenvalue weighted by Crippen LogP contribution is -2.16. The zero-order chi connectivity index (χ0) is 14.1. The first-order valence-electron chi connectivity index (χ1n) is 7.04. The van der Waals surface area contributed by atoms with Gasteiger partial charge in [-0.05, 0) is 12.0 Å². The van der Waals surface area contributed by atoms with E-state index in [-0.39, 0.29) is 6.10 Å². The van der Waals surface area contributed by atoms with E-state index in [4.69, 9.17) is 4.74 Å². The van der Waals surface area contributed by atoms with Gasteiger partial charge in [0, 0.05) is 0 Å². The molecule has 0 radical (unpaired) electrons. The number of ether oxygens (including phenoxy) is 1. The Hall–Kier alpha value is -1.12. The summed E-state index contributed by atoms with van der Waals surface area (Å²) in [5.74, 6) is 0. The van der Waals surface area contributed by atoms with Gasteiger partial charge in [-0.1, -0.05) is 80.8 Å². The number of rotatable bonds is 7. The van der Waals surface area contributed by atoms with Gasteiger partial charge in [-0.15, -0.1) is 0 Å². The van der Waals surface area contributed by atoms with Gasteiger partial charge in [-0.25, -0.2) is 0 Å². The Kier molecular flexibility index (Phi) is 6.82. The summed E-state index contributed by atoms with van der Waals surface area (Å²) in [5.41, 5.74) is 3.56. The maximum Gasteiger partial charge on any atom is 0.0760 e. The Balaban J connectivity index is 2.42. The van der Waals surface area contributed by atoms with E-state index in [2.05, 4.69) is 74.8 Å².